The molecule has 0 fully saturated rings. The molecule has 0 heterocycles. The van der Waals surface area contributed by atoms with Crippen molar-refractivity contribution in [1.82, 2.24) is 0 Å². The molecule has 0 saturated carbocycles. The molecule has 0 aliphatic heterocycles. The largest absolute Gasteiger partial charge is 0.386 e. The molecule has 2 unspecified atom stereocenters. The smallest absolute Gasteiger partial charge is 0.0831 e. The summed E-state index contributed by atoms with van der Waals surface area (Å²) in [4.78, 5) is 0. The third kappa shape index (κ3) is 9.47. The Morgan fingerprint density at radius 1 is 1.00 bits per heavy atom. The molecule has 0 bridgehead atoms. The Bertz CT molecular complexity index is 400. The van der Waals surface area contributed by atoms with Gasteiger partial charge >= 0.3 is 0 Å². The van der Waals surface area contributed by atoms with Crippen LogP contribution >= 0.6 is 0 Å². The van der Waals surface area contributed by atoms with Crippen molar-refractivity contribution in [2.24, 2.45) is 5.92 Å². The molecule has 0 rings (SSSR count). The molecule has 0 radical (unpaired) electrons. The summed E-state index contributed by atoms with van der Waals surface area (Å²) < 4.78 is 0. The topological polar surface area (TPSA) is 20.2 Å². The Labute approximate surface area is 132 Å². The third-order valence-corrected chi connectivity index (χ3v) is 3.89. The standard InChI is InChI=1S/C20H34O/c1-8-20(7,21)19(14-12-17(4)5)15-13-18(6)11-9-10-16(2)3/h8,10,12-13,19,21H,1,9,11,14-15H2,2-7H3/b18-13+. The molecule has 1 heteroatoms. The Hall–Kier alpha value is -1.08. The van der Waals surface area contributed by atoms with Gasteiger partial charge in [0.25, 0.3) is 0 Å². The second kappa shape index (κ2) is 9.78. The van der Waals surface area contributed by atoms with E-state index in [9.17, 15) is 5.11 Å². The van der Waals surface area contributed by atoms with Crippen LogP contribution in [0.15, 0.2) is 47.6 Å². The maximum absolute atomic E-state index is 10.5. The predicted octanol–water partition coefficient (Wildman–Crippen LogP) is 5.98. The van der Waals surface area contributed by atoms with E-state index >= 15 is 0 Å². The second-order valence-corrected chi connectivity index (χ2v) is 6.75. The first-order chi connectivity index (χ1) is 9.69. The highest BCUT2D eigenvalue weighted by Crippen LogP contribution is 2.27. The van der Waals surface area contributed by atoms with Gasteiger partial charge in [0, 0.05) is 0 Å². The van der Waals surface area contributed by atoms with Gasteiger partial charge in [-0.2, -0.15) is 0 Å². The zero-order valence-electron chi connectivity index (χ0n) is 14.9. The second-order valence-electron chi connectivity index (χ2n) is 6.75. The lowest BCUT2D eigenvalue weighted by molar-refractivity contribution is 0.0486. The fourth-order valence-electron chi connectivity index (χ4n) is 2.15. The molecule has 0 aromatic rings. The van der Waals surface area contributed by atoms with Gasteiger partial charge < -0.3 is 5.11 Å². The molecule has 0 spiro atoms. The molecule has 0 aromatic carbocycles. The lowest BCUT2D eigenvalue weighted by Crippen LogP contribution is -2.31. The van der Waals surface area contributed by atoms with Gasteiger partial charge in [-0.25, -0.2) is 0 Å². The van der Waals surface area contributed by atoms with Crippen molar-refractivity contribution in [3.63, 3.8) is 0 Å². The number of hydrogen-bond acceptors (Lipinski definition) is 1. The van der Waals surface area contributed by atoms with E-state index < -0.39 is 5.60 Å². The fraction of sp³-hybridized carbons (Fsp3) is 0.600. The van der Waals surface area contributed by atoms with Gasteiger partial charge in [0.15, 0.2) is 0 Å². The van der Waals surface area contributed by atoms with E-state index in [4.69, 9.17) is 0 Å². The van der Waals surface area contributed by atoms with Crippen molar-refractivity contribution >= 4 is 0 Å². The number of allylic oxidation sites excluding steroid dienone is 6. The van der Waals surface area contributed by atoms with Gasteiger partial charge in [-0.3, -0.25) is 0 Å². The van der Waals surface area contributed by atoms with Crippen molar-refractivity contribution in [2.75, 3.05) is 0 Å². The molecule has 0 aromatic heterocycles. The zero-order chi connectivity index (χ0) is 16.5. The van der Waals surface area contributed by atoms with Crippen LogP contribution in [0.4, 0.5) is 0 Å². The predicted molar refractivity (Wildman–Crippen MR) is 95.4 cm³/mol. The monoisotopic (exact) mass is 290 g/mol. The van der Waals surface area contributed by atoms with Gasteiger partial charge in [0.1, 0.15) is 0 Å². The normalized spacial score (nSPS) is 15.9. The van der Waals surface area contributed by atoms with Gasteiger partial charge in [-0.15, -0.1) is 6.58 Å². The summed E-state index contributed by atoms with van der Waals surface area (Å²) in [5, 5.41) is 10.5. The molecule has 0 saturated heterocycles. The fourth-order valence-corrected chi connectivity index (χ4v) is 2.15. The molecule has 0 aliphatic rings. The van der Waals surface area contributed by atoms with Gasteiger partial charge in [0.2, 0.25) is 0 Å². The first kappa shape index (κ1) is 19.9. The zero-order valence-corrected chi connectivity index (χ0v) is 14.9. The van der Waals surface area contributed by atoms with Crippen LogP contribution in [0.3, 0.4) is 0 Å². The average molecular weight is 290 g/mol. The van der Waals surface area contributed by atoms with Crippen LogP contribution < -0.4 is 0 Å². The lowest BCUT2D eigenvalue weighted by atomic mass is 9.83. The molecular formula is C20H34O. The minimum absolute atomic E-state index is 0.184. The molecule has 0 amide bonds. The first-order valence-electron chi connectivity index (χ1n) is 7.97. The van der Waals surface area contributed by atoms with Crippen LogP contribution in [0.25, 0.3) is 0 Å². The summed E-state index contributed by atoms with van der Waals surface area (Å²) in [6.45, 7) is 16.3. The first-order valence-corrected chi connectivity index (χ1v) is 7.97. The highest BCUT2D eigenvalue weighted by Gasteiger charge is 2.26. The minimum Gasteiger partial charge on any atom is -0.386 e. The van der Waals surface area contributed by atoms with E-state index in [1.54, 1.807) is 6.08 Å². The van der Waals surface area contributed by atoms with Crippen LogP contribution in [-0.4, -0.2) is 10.7 Å². The van der Waals surface area contributed by atoms with E-state index in [2.05, 4.69) is 59.4 Å². The van der Waals surface area contributed by atoms with E-state index in [-0.39, 0.29) is 5.92 Å². The maximum Gasteiger partial charge on any atom is 0.0831 e. The van der Waals surface area contributed by atoms with Crippen LogP contribution in [0, 0.1) is 5.92 Å². The molecule has 0 aliphatic carbocycles. The molecular weight excluding hydrogens is 256 g/mol. The van der Waals surface area contributed by atoms with Gasteiger partial charge in [-0.05, 0) is 73.1 Å². The van der Waals surface area contributed by atoms with Crippen molar-refractivity contribution in [3.8, 4) is 0 Å². The Balaban J connectivity index is 4.70. The van der Waals surface area contributed by atoms with Gasteiger partial charge in [-0.1, -0.05) is 41.0 Å². The lowest BCUT2D eigenvalue weighted by Gasteiger charge is -2.29. The van der Waals surface area contributed by atoms with Crippen LogP contribution in [0.2, 0.25) is 0 Å². The molecule has 1 N–H and O–H groups in total. The number of rotatable bonds is 9. The Morgan fingerprint density at radius 3 is 2.00 bits per heavy atom. The summed E-state index contributed by atoms with van der Waals surface area (Å²) >= 11 is 0. The highest BCUT2D eigenvalue weighted by molar-refractivity contribution is 5.08. The van der Waals surface area contributed by atoms with Crippen LogP contribution in [0.5, 0.6) is 0 Å². The van der Waals surface area contributed by atoms with E-state index in [1.807, 2.05) is 6.92 Å². The molecule has 1 nitrogen and oxygen atoms in total. The quantitative estimate of drug-likeness (QED) is 0.518. The van der Waals surface area contributed by atoms with Crippen LogP contribution in [0.1, 0.15) is 67.2 Å². The van der Waals surface area contributed by atoms with E-state index in [0.717, 1.165) is 25.7 Å². The molecule has 2 atom stereocenters. The van der Waals surface area contributed by atoms with E-state index in [0.29, 0.717) is 0 Å². The number of hydrogen-bond donors (Lipinski definition) is 1. The van der Waals surface area contributed by atoms with Crippen molar-refractivity contribution in [3.05, 3.63) is 47.6 Å². The number of aliphatic hydroxyl groups is 1. The molecule has 120 valence electrons. The summed E-state index contributed by atoms with van der Waals surface area (Å²) in [5.74, 6) is 0.184. The highest BCUT2D eigenvalue weighted by atomic mass is 16.3. The van der Waals surface area contributed by atoms with Gasteiger partial charge in [0.05, 0.1) is 5.60 Å². The van der Waals surface area contributed by atoms with Crippen molar-refractivity contribution < 1.29 is 5.11 Å². The summed E-state index contributed by atoms with van der Waals surface area (Å²) in [6.07, 6.45) is 12.4. The summed E-state index contributed by atoms with van der Waals surface area (Å²) in [6, 6.07) is 0. The summed E-state index contributed by atoms with van der Waals surface area (Å²) in [7, 11) is 0. The maximum atomic E-state index is 10.5. The Morgan fingerprint density at radius 2 is 1.52 bits per heavy atom. The molecule has 21 heavy (non-hydrogen) atoms. The average Bonchev–Trinajstić information content (AvgIpc) is 2.37. The van der Waals surface area contributed by atoms with Crippen molar-refractivity contribution in [2.45, 2.75) is 72.8 Å². The van der Waals surface area contributed by atoms with E-state index in [1.165, 1.54) is 16.7 Å². The Kier molecular flexibility index (Phi) is 9.28. The van der Waals surface area contributed by atoms with Crippen molar-refractivity contribution in [1.29, 1.82) is 0 Å². The van der Waals surface area contributed by atoms with Crippen LogP contribution in [-0.2, 0) is 0 Å². The SMILES string of the molecule is C=CC(C)(O)C(CC=C(C)C)C/C=C(\C)CCC=C(C)C. The minimum atomic E-state index is -0.817. The third-order valence-electron chi connectivity index (χ3n) is 3.89. The summed E-state index contributed by atoms with van der Waals surface area (Å²) in [5.41, 5.74) is 3.25.